The number of morpholine rings is 1. The summed E-state index contributed by atoms with van der Waals surface area (Å²) in [4.78, 5) is 2.43. The van der Waals surface area contributed by atoms with Gasteiger partial charge in [0.2, 0.25) is 0 Å². The lowest BCUT2D eigenvalue weighted by Crippen LogP contribution is -2.57. The fourth-order valence-corrected chi connectivity index (χ4v) is 3.31. The highest BCUT2D eigenvalue weighted by atomic mass is 35.5. The minimum absolute atomic E-state index is 0.153. The molecule has 1 aromatic heterocycles. The van der Waals surface area contributed by atoms with Gasteiger partial charge >= 0.3 is 0 Å². The van der Waals surface area contributed by atoms with Crippen LogP contribution in [0.1, 0.15) is 51.9 Å². The third kappa shape index (κ3) is 3.11. The lowest BCUT2D eigenvalue weighted by molar-refractivity contribution is -0.0288. The van der Waals surface area contributed by atoms with Gasteiger partial charge in [-0.2, -0.15) is 5.10 Å². The predicted molar refractivity (Wildman–Crippen MR) is 85.6 cm³/mol. The van der Waals surface area contributed by atoms with Crippen molar-refractivity contribution in [1.29, 1.82) is 0 Å². The highest BCUT2D eigenvalue weighted by Crippen LogP contribution is 2.36. The summed E-state index contributed by atoms with van der Waals surface area (Å²) in [6.45, 7) is 11.9. The zero-order valence-electron chi connectivity index (χ0n) is 13.5. The van der Waals surface area contributed by atoms with Crippen LogP contribution in [0.5, 0.6) is 0 Å². The van der Waals surface area contributed by atoms with Crippen molar-refractivity contribution in [3.05, 3.63) is 16.9 Å². The first-order valence-electron chi connectivity index (χ1n) is 7.73. The van der Waals surface area contributed by atoms with Crippen LogP contribution in [0.25, 0.3) is 0 Å². The van der Waals surface area contributed by atoms with Crippen LogP contribution in [0.3, 0.4) is 0 Å². The van der Waals surface area contributed by atoms with E-state index >= 15 is 0 Å². The Kier molecular flexibility index (Phi) is 5.30. The van der Waals surface area contributed by atoms with Gasteiger partial charge in [-0.25, -0.2) is 0 Å². The molecule has 1 aliphatic heterocycles. The lowest BCUT2D eigenvalue weighted by Gasteiger charge is -2.46. The molecular weight excluding hydrogens is 288 g/mol. The van der Waals surface area contributed by atoms with Crippen molar-refractivity contribution < 1.29 is 4.74 Å². The predicted octanol–water partition coefficient (Wildman–Crippen LogP) is 2.62. The molecule has 120 valence electrons. The molecule has 0 saturated carbocycles. The second-order valence-electron chi connectivity index (χ2n) is 6.20. The second-order valence-corrected chi connectivity index (χ2v) is 6.61. The quantitative estimate of drug-likeness (QED) is 0.907. The fraction of sp³-hybridized carbons (Fsp3) is 0.800. The van der Waals surface area contributed by atoms with Crippen molar-refractivity contribution in [1.82, 2.24) is 14.7 Å². The van der Waals surface area contributed by atoms with Crippen molar-refractivity contribution in [2.75, 3.05) is 26.3 Å². The summed E-state index contributed by atoms with van der Waals surface area (Å²) in [5.41, 5.74) is 7.45. The summed E-state index contributed by atoms with van der Waals surface area (Å²) >= 11 is 6.38. The Labute approximate surface area is 132 Å². The number of nitrogens with two attached hydrogens (primary N) is 1. The van der Waals surface area contributed by atoms with Crippen molar-refractivity contribution in [2.24, 2.45) is 5.73 Å². The van der Waals surface area contributed by atoms with E-state index in [0.717, 1.165) is 38.4 Å². The number of hydrogen-bond donors (Lipinski definition) is 1. The van der Waals surface area contributed by atoms with E-state index < -0.39 is 0 Å². The van der Waals surface area contributed by atoms with Gasteiger partial charge in [-0.05, 0) is 27.2 Å². The smallest absolute Gasteiger partial charge is 0.0834 e. The molecule has 0 amide bonds. The maximum Gasteiger partial charge on any atom is 0.0834 e. The molecule has 1 fully saturated rings. The Balaban J connectivity index is 2.35. The van der Waals surface area contributed by atoms with Crippen molar-refractivity contribution in [3.63, 3.8) is 0 Å². The largest absolute Gasteiger partial charge is 0.379 e. The van der Waals surface area contributed by atoms with Crippen LogP contribution in [0.2, 0.25) is 5.02 Å². The van der Waals surface area contributed by atoms with Crippen LogP contribution >= 0.6 is 11.6 Å². The van der Waals surface area contributed by atoms with Crippen molar-refractivity contribution in [2.45, 2.75) is 51.7 Å². The Hall–Kier alpha value is -0.620. The van der Waals surface area contributed by atoms with Gasteiger partial charge < -0.3 is 10.5 Å². The number of nitrogens with zero attached hydrogens (tertiary/aromatic N) is 3. The molecule has 2 rings (SSSR count). The second kappa shape index (κ2) is 6.65. The van der Waals surface area contributed by atoms with Gasteiger partial charge in [-0.3, -0.25) is 9.58 Å². The summed E-state index contributed by atoms with van der Waals surface area (Å²) in [5.74, 6) is 0. The number of hydrogen-bond acceptors (Lipinski definition) is 4. The van der Waals surface area contributed by atoms with Crippen LogP contribution in [0.15, 0.2) is 6.20 Å². The van der Waals surface area contributed by atoms with Gasteiger partial charge in [0, 0.05) is 24.7 Å². The van der Waals surface area contributed by atoms with Gasteiger partial charge in [0.05, 0.1) is 36.2 Å². The van der Waals surface area contributed by atoms with E-state index in [0.29, 0.717) is 5.02 Å². The van der Waals surface area contributed by atoms with Crippen molar-refractivity contribution in [3.8, 4) is 0 Å². The van der Waals surface area contributed by atoms with Gasteiger partial charge in [-0.1, -0.05) is 18.5 Å². The third-order valence-electron chi connectivity index (χ3n) is 4.69. The minimum Gasteiger partial charge on any atom is -0.379 e. The summed E-state index contributed by atoms with van der Waals surface area (Å²) in [6, 6.07) is 0.0577. The van der Waals surface area contributed by atoms with Gasteiger partial charge in [0.1, 0.15) is 0 Å². The highest BCUT2D eigenvalue weighted by Gasteiger charge is 2.40. The highest BCUT2D eigenvalue weighted by molar-refractivity contribution is 6.31. The summed E-state index contributed by atoms with van der Waals surface area (Å²) in [6.07, 6.45) is 2.65. The Morgan fingerprint density at radius 1 is 1.43 bits per heavy atom. The topological polar surface area (TPSA) is 56.3 Å². The molecule has 5 nitrogen and oxygen atoms in total. The summed E-state index contributed by atoms with van der Waals surface area (Å²) in [5, 5.41) is 5.05. The first-order chi connectivity index (χ1) is 9.91. The number of rotatable bonds is 5. The molecule has 0 spiro atoms. The lowest BCUT2D eigenvalue weighted by atomic mass is 9.85. The third-order valence-corrected chi connectivity index (χ3v) is 4.98. The number of ether oxygens (including phenoxy) is 1. The van der Waals surface area contributed by atoms with E-state index in [1.54, 1.807) is 6.20 Å². The fourth-order valence-electron chi connectivity index (χ4n) is 3.06. The monoisotopic (exact) mass is 314 g/mol. The maximum absolute atomic E-state index is 6.67. The first kappa shape index (κ1) is 16.7. The van der Waals surface area contributed by atoms with Crippen LogP contribution in [-0.2, 0) is 4.74 Å². The molecule has 21 heavy (non-hydrogen) atoms. The Bertz CT molecular complexity index is 470. The van der Waals surface area contributed by atoms with E-state index in [1.165, 1.54) is 0 Å². The molecule has 1 aliphatic rings. The van der Waals surface area contributed by atoms with Crippen LogP contribution in [0, 0.1) is 0 Å². The van der Waals surface area contributed by atoms with Gasteiger partial charge in [-0.15, -0.1) is 0 Å². The summed E-state index contributed by atoms with van der Waals surface area (Å²) < 4.78 is 7.42. The number of aromatic nitrogens is 2. The molecule has 2 unspecified atom stereocenters. The van der Waals surface area contributed by atoms with E-state index in [9.17, 15) is 0 Å². The van der Waals surface area contributed by atoms with Crippen LogP contribution < -0.4 is 5.73 Å². The molecule has 0 aliphatic carbocycles. The van der Waals surface area contributed by atoms with Crippen molar-refractivity contribution >= 4 is 11.6 Å². The molecule has 0 bridgehead atoms. The molecule has 1 saturated heterocycles. The van der Waals surface area contributed by atoms with E-state index in [1.807, 2.05) is 4.68 Å². The molecule has 1 aromatic rings. The average Bonchev–Trinajstić information content (AvgIpc) is 2.88. The van der Waals surface area contributed by atoms with E-state index in [-0.39, 0.29) is 17.6 Å². The van der Waals surface area contributed by atoms with E-state index in [4.69, 9.17) is 22.1 Å². The number of halogens is 1. The average molecular weight is 315 g/mol. The molecule has 0 radical (unpaired) electrons. The Morgan fingerprint density at radius 2 is 2.05 bits per heavy atom. The summed E-state index contributed by atoms with van der Waals surface area (Å²) in [7, 11) is 0. The van der Waals surface area contributed by atoms with Crippen LogP contribution in [-0.4, -0.2) is 46.5 Å². The molecular formula is C15H27ClN4O. The minimum atomic E-state index is -0.182. The SMILES string of the molecule is CCC(C)(C(N)c1c(Cl)cnn1C(C)C)N1CCOCC1. The van der Waals surface area contributed by atoms with Crippen LogP contribution in [0.4, 0.5) is 0 Å². The molecule has 2 N–H and O–H groups in total. The normalized spacial score (nSPS) is 21.5. The Morgan fingerprint density at radius 3 is 2.57 bits per heavy atom. The zero-order valence-corrected chi connectivity index (χ0v) is 14.2. The molecule has 2 atom stereocenters. The van der Waals surface area contributed by atoms with Gasteiger partial charge in [0.25, 0.3) is 0 Å². The molecule has 2 heterocycles. The van der Waals surface area contributed by atoms with Gasteiger partial charge in [0.15, 0.2) is 0 Å². The standard InChI is InChI=1S/C15H27ClN4O/c1-5-15(4,19-6-8-21-9-7-19)14(17)13-12(16)10-18-20(13)11(2)3/h10-11,14H,5-9,17H2,1-4H3. The maximum atomic E-state index is 6.67. The zero-order chi connectivity index (χ0) is 15.6. The molecule has 0 aromatic carbocycles. The van der Waals surface area contributed by atoms with E-state index in [2.05, 4.69) is 37.7 Å². The molecule has 6 heteroatoms. The first-order valence-corrected chi connectivity index (χ1v) is 8.11.